The van der Waals surface area contributed by atoms with Crippen molar-refractivity contribution in [2.75, 3.05) is 11.1 Å². The zero-order chi connectivity index (χ0) is 13.9. The molecule has 0 amide bonds. The standard InChI is InChI=1S/C17H23N3/c1-2-12-3-6-14(7-4-12)20-16-9-10-19-17-11-13(18)5-8-15(16)17/h5,8-12,14H,2-4,6-7,18H2,1H3,(H,19,20). The van der Waals surface area contributed by atoms with Crippen LogP contribution >= 0.6 is 0 Å². The number of nitrogens with two attached hydrogens (primary N) is 1. The Labute approximate surface area is 120 Å². The smallest absolute Gasteiger partial charge is 0.0743 e. The lowest BCUT2D eigenvalue weighted by Crippen LogP contribution is -2.26. The summed E-state index contributed by atoms with van der Waals surface area (Å²) in [6.07, 6.45) is 8.44. The van der Waals surface area contributed by atoms with Crippen LogP contribution in [0, 0.1) is 5.92 Å². The van der Waals surface area contributed by atoms with Gasteiger partial charge in [0.1, 0.15) is 0 Å². The van der Waals surface area contributed by atoms with Crippen LogP contribution in [0.4, 0.5) is 11.4 Å². The van der Waals surface area contributed by atoms with Crippen molar-refractivity contribution in [3.8, 4) is 0 Å². The van der Waals surface area contributed by atoms with Crippen molar-refractivity contribution in [2.45, 2.75) is 45.1 Å². The molecule has 3 nitrogen and oxygen atoms in total. The van der Waals surface area contributed by atoms with E-state index in [1.165, 1.54) is 43.2 Å². The molecule has 0 unspecified atom stereocenters. The van der Waals surface area contributed by atoms with E-state index in [1.54, 1.807) is 0 Å². The van der Waals surface area contributed by atoms with Gasteiger partial charge in [-0.3, -0.25) is 4.98 Å². The van der Waals surface area contributed by atoms with Gasteiger partial charge >= 0.3 is 0 Å². The SMILES string of the molecule is CCC1CCC(Nc2ccnc3cc(N)ccc23)CC1. The predicted octanol–water partition coefficient (Wildman–Crippen LogP) is 4.20. The van der Waals surface area contributed by atoms with Gasteiger partial charge in [0.05, 0.1) is 5.52 Å². The number of pyridine rings is 1. The Bertz CT molecular complexity index is 586. The van der Waals surface area contributed by atoms with Crippen LogP contribution in [0.5, 0.6) is 0 Å². The summed E-state index contributed by atoms with van der Waals surface area (Å²) in [4.78, 5) is 4.40. The zero-order valence-corrected chi connectivity index (χ0v) is 12.1. The van der Waals surface area contributed by atoms with E-state index in [-0.39, 0.29) is 0 Å². The van der Waals surface area contributed by atoms with Gasteiger partial charge in [0.15, 0.2) is 0 Å². The van der Waals surface area contributed by atoms with Crippen LogP contribution < -0.4 is 11.1 Å². The van der Waals surface area contributed by atoms with Crippen molar-refractivity contribution >= 4 is 22.3 Å². The molecule has 2 aromatic rings. The molecule has 3 rings (SSSR count). The van der Waals surface area contributed by atoms with Crippen molar-refractivity contribution in [3.05, 3.63) is 30.5 Å². The number of hydrogen-bond acceptors (Lipinski definition) is 3. The molecule has 0 saturated heterocycles. The molecule has 0 bridgehead atoms. The number of hydrogen-bond donors (Lipinski definition) is 2. The summed E-state index contributed by atoms with van der Waals surface area (Å²) in [6, 6.07) is 8.63. The van der Waals surface area contributed by atoms with E-state index in [0.29, 0.717) is 6.04 Å². The van der Waals surface area contributed by atoms with Crippen molar-refractivity contribution in [2.24, 2.45) is 5.92 Å². The maximum absolute atomic E-state index is 5.83. The zero-order valence-electron chi connectivity index (χ0n) is 12.1. The van der Waals surface area contributed by atoms with Gasteiger partial charge in [0.2, 0.25) is 0 Å². The number of benzene rings is 1. The number of anilines is 2. The molecule has 1 aromatic heterocycles. The molecule has 1 aliphatic rings. The number of aromatic nitrogens is 1. The number of rotatable bonds is 3. The maximum atomic E-state index is 5.83. The molecule has 3 N–H and O–H groups in total. The van der Waals surface area contributed by atoms with E-state index >= 15 is 0 Å². The topological polar surface area (TPSA) is 50.9 Å². The summed E-state index contributed by atoms with van der Waals surface area (Å²) in [6.45, 7) is 2.30. The fourth-order valence-corrected chi connectivity index (χ4v) is 3.23. The lowest BCUT2D eigenvalue weighted by molar-refractivity contribution is 0.330. The summed E-state index contributed by atoms with van der Waals surface area (Å²) >= 11 is 0. The second kappa shape index (κ2) is 5.70. The average molecular weight is 269 g/mol. The Morgan fingerprint density at radius 3 is 2.75 bits per heavy atom. The highest BCUT2D eigenvalue weighted by Crippen LogP contribution is 2.30. The van der Waals surface area contributed by atoms with Crippen LogP contribution in [0.15, 0.2) is 30.5 Å². The number of nitrogens with one attached hydrogen (secondary N) is 1. The third kappa shape index (κ3) is 2.72. The van der Waals surface area contributed by atoms with Crippen molar-refractivity contribution in [1.29, 1.82) is 0 Å². The summed E-state index contributed by atoms with van der Waals surface area (Å²) in [5.74, 6) is 0.932. The highest BCUT2D eigenvalue weighted by Gasteiger charge is 2.20. The monoisotopic (exact) mass is 269 g/mol. The van der Waals surface area contributed by atoms with E-state index in [1.807, 2.05) is 18.3 Å². The second-order valence-corrected chi connectivity index (χ2v) is 5.91. The van der Waals surface area contributed by atoms with Crippen LogP contribution in [0.2, 0.25) is 0 Å². The molecule has 1 fully saturated rings. The van der Waals surface area contributed by atoms with Gasteiger partial charge in [-0.15, -0.1) is 0 Å². The molecular weight excluding hydrogens is 246 g/mol. The van der Waals surface area contributed by atoms with E-state index in [2.05, 4.69) is 29.4 Å². The average Bonchev–Trinajstić information content (AvgIpc) is 2.48. The van der Waals surface area contributed by atoms with Crippen LogP contribution in [0.1, 0.15) is 39.0 Å². The molecule has 1 aliphatic carbocycles. The minimum atomic E-state index is 0.598. The van der Waals surface area contributed by atoms with Gasteiger partial charge in [0, 0.05) is 29.0 Å². The molecule has 1 heterocycles. The van der Waals surface area contributed by atoms with E-state index in [4.69, 9.17) is 5.73 Å². The largest absolute Gasteiger partial charge is 0.399 e. The lowest BCUT2D eigenvalue weighted by atomic mass is 9.84. The third-order valence-electron chi connectivity index (χ3n) is 4.55. The Morgan fingerprint density at radius 2 is 2.00 bits per heavy atom. The molecule has 3 heteroatoms. The molecule has 0 atom stereocenters. The van der Waals surface area contributed by atoms with E-state index in [9.17, 15) is 0 Å². The molecule has 1 saturated carbocycles. The fourth-order valence-electron chi connectivity index (χ4n) is 3.23. The van der Waals surface area contributed by atoms with Gasteiger partial charge < -0.3 is 11.1 Å². The van der Waals surface area contributed by atoms with Gasteiger partial charge in [-0.25, -0.2) is 0 Å². The highest BCUT2D eigenvalue weighted by molar-refractivity contribution is 5.92. The number of nitrogen functional groups attached to an aromatic ring is 1. The summed E-state index contributed by atoms with van der Waals surface area (Å²) in [5, 5.41) is 4.87. The molecular formula is C17H23N3. The van der Waals surface area contributed by atoms with E-state index in [0.717, 1.165) is 17.1 Å². The Kier molecular flexibility index (Phi) is 3.77. The van der Waals surface area contributed by atoms with Gasteiger partial charge in [-0.1, -0.05) is 13.3 Å². The number of nitrogens with zero attached hydrogens (tertiary/aromatic N) is 1. The van der Waals surface area contributed by atoms with Crippen molar-refractivity contribution < 1.29 is 0 Å². The molecule has 0 aliphatic heterocycles. The second-order valence-electron chi connectivity index (χ2n) is 5.91. The molecule has 1 aromatic carbocycles. The summed E-state index contributed by atoms with van der Waals surface area (Å²) < 4.78 is 0. The quantitative estimate of drug-likeness (QED) is 0.821. The van der Waals surface area contributed by atoms with Crippen LogP contribution in [-0.4, -0.2) is 11.0 Å². The van der Waals surface area contributed by atoms with Crippen LogP contribution in [0.25, 0.3) is 10.9 Å². The van der Waals surface area contributed by atoms with Gasteiger partial charge in [-0.2, -0.15) is 0 Å². The summed E-state index contributed by atoms with van der Waals surface area (Å²) in [7, 11) is 0. The fraction of sp³-hybridized carbons (Fsp3) is 0.471. The lowest BCUT2D eigenvalue weighted by Gasteiger charge is -2.29. The van der Waals surface area contributed by atoms with Gasteiger partial charge in [0.25, 0.3) is 0 Å². The number of fused-ring (bicyclic) bond motifs is 1. The maximum Gasteiger partial charge on any atom is 0.0743 e. The molecule has 0 spiro atoms. The third-order valence-corrected chi connectivity index (χ3v) is 4.55. The first-order valence-corrected chi connectivity index (χ1v) is 7.67. The molecule has 0 radical (unpaired) electrons. The summed E-state index contributed by atoms with van der Waals surface area (Å²) in [5.41, 5.74) is 8.76. The normalized spacial score (nSPS) is 22.9. The molecule has 106 valence electrons. The van der Waals surface area contributed by atoms with Crippen molar-refractivity contribution in [1.82, 2.24) is 4.98 Å². The Balaban J connectivity index is 1.78. The highest BCUT2D eigenvalue weighted by atomic mass is 14.9. The van der Waals surface area contributed by atoms with Crippen LogP contribution in [0.3, 0.4) is 0 Å². The van der Waals surface area contributed by atoms with Crippen molar-refractivity contribution in [3.63, 3.8) is 0 Å². The predicted molar refractivity (Wildman–Crippen MR) is 85.8 cm³/mol. The minimum Gasteiger partial charge on any atom is -0.399 e. The van der Waals surface area contributed by atoms with E-state index < -0.39 is 0 Å². The first kappa shape index (κ1) is 13.2. The van der Waals surface area contributed by atoms with Crippen LogP contribution in [-0.2, 0) is 0 Å². The Hall–Kier alpha value is -1.77. The van der Waals surface area contributed by atoms with Gasteiger partial charge in [-0.05, 0) is 55.9 Å². The first-order chi connectivity index (χ1) is 9.76. The first-order valence-electron chi connectivity index (χ1n) is 7.67. The minimum absolute atomic E-state index is 0.598. The Morgan fingerprint density at radius 1 is 1.20 bits per heavy atom. The molecule has 20 heavy (non-hydrogen) atoms.